The van der Waals surface area contributed by atoms with Gasteiger partial charge in [-0.2, -0.15) is 0 Å². The van der Waals surface area contributed by atoms with Crippen LogP contribution >= 0.6 is 0 Å². The third kappa shape index (κ3) is 4.31. The maximum absolute atomic E-state index is 10.6. The summed E-state index contributed by atoms with van der Waals surface area (Å²) in [5.74, 6) is 0. The minimum Gasteiger partial charge on any atom is -0.442 e. The van der Waals surface area contributed by atoms with Crippen LogP contribution < -0.4 is 5.73 Å². The number of rotatable bonds is 2. The molecule has 1 amide bonds. The van der Waals surface area contributed by atoms with E-state index in [1.165, 1.54) is 0 Å². The second-order valence-corrected chi connectivity index (χ2v) is 3.60. The maximum Gasteiger partial charge on any atom is 0.405 e. The van der Waals surface area contributed by atoms with Crippen LogP contribution in [0.4, 0.5) is 4.79 Å². The average Bonchev–Trinajstić information content (AvgIpc) is 2.14. The SMILES string of the molecule is COC1/C=C/C(OC(N)=O)CC(O)CC1. The van der Waals surface area contributed by atoms with Crippen molar-refractivity contribution in [2.24, 2.45) is 5.73 Å². The van der Waals surface area contributed by atoms with E-state index in [-0.39, 0.29) is 6.10 Å². The van der Waals surface area contributed by atoms with Gasteiger partial charge in [0.1, 0.15) is 6.10 Å². The van der Waals surface area contributed by atoms with Crippen molar-refractivity contribution in [3.8, 4) is 0 Å². The summed E-state index contributed by atoms with van der Waals surface area (Å²) in [6.45, 7) is 0. The van der Waals surface area contributed by atoms with Crippen molar-refractivity contribution in [3.05, 3.63) is 12.2 Å². The van der Waals surface area contributed by atoms with E-state index in [2.05, 4.69) is 0 Å². The molecule has 3 atom stereocenters. The Bertz CT molecular complexity index is 242. The minimum atomic E-state index is -0.827. The fourth-order valence-corrected chi connectivity index (χ4v) is 1.60. The maximum atomic E-state index is 10.6. The van der Waals surface area contributed by atoms with Gasteiger partial charge in [0.15, 0.2) is 0 Å². The number of hydrogen-bond donors (Lipinski definition) is 2. The highest BCUT2D eigenvalue weighted by Crippen LogP contribution is 2.16. The minimum absolute atomic E-state index is 0.0427. The standard InChI is InChI=1S/C10H17NO4/c1-14-8-3-2-7(12)6-9(5-4-8)15-10(11)13/h4-5,7-9,12H,2-3,6H2,1H3,(H2,11,13)/b5-4+. The smallest absolute Gasteiger partial charge is 0.405 e. The van der Waals surface area contributed by atoms with Gasteiger partial charge in [-0.05, 0) is 18.9 Å². The lowest BCUT2D eigenvalue weighted by molar-refractivity contribution is 0.0553. The average molecular weight is 215 g/mol. The molecule has 0 spiro atoms. The number of nitrogens with two attached hydrogens (primary N) is 1. The summed E-state index contributed by atoms with van der Waals surface area (Å²) in [7, 11) is 1.60. The number of methoxy groups -OCH3 is 1. The highest BCUT2D eigenvalue weighted by molar-refractivity contribution is 5.65. The van der Waals surface area contributed by atoms with Crippen molar-refractivity contribution >= 4 is 6.09 Å². The second-order valence-electron chi connectivity index (χ2n) is 3.60. The highest BCUT2D eigenvalue weighted by atomic mass is 16.6. The van der Waals surface area contributed by atoms with E-state index < -0.39 is 18.3 Å². The fraction of sp³-hybridized carbons (Fsp3) is 0.700. The zero-order valence-electron chi connectivity index (χ0n) is 8.76. The van der Waals surface area contributed by atoms with Crippen molar-refractivity contribution in [2.45, 2.75) is 37.6 Å². The normalized spacial score (nSPS) is 33.9. The van der Waals surface area contributed by atoms with Crippen molar-refractivity contribution in [3.63, 3.8) is 0 Å². The van der Waals surface area contributed by atoms with Crippen LogP contribution in [0.3, 0.4) is 0 Å². The number of carbonyl (C=O) groups excluding carboxylic acids is 1. The van der Waals surface area contributed by atoms with Crippen molar-refractivity contribution in [1.29, 1.82) is 0 Å². The summed E-state index contributed by atoms with van der Waals surface area (Å²) in [6.07, 6.45) is 3.49. The Kier molecular flexibility index (Phi) is 4.58. The van der Waals surface area contributed by atoms with Gasteiger partial charge in [-0.25, -0.2) is 4.79 Å². The zero-order chi connectivity index (χ0) is 11.3. The van der Waals surface area contributed by atoms with E-state index in [0.717, 1.165) is 6.42 Å². The van der Waals surface area contributed by atoms with Gasteiger partial charge in [0, 0.05) is 13.5 Å². The molecule has 15 heavy (non-hydrogen) atoms. The molecule has 0 heterocycles. The van der Waals surface area contributed by atoms with E-state index in [9.17, 15) is 9.90 Å². The molecule has 5 heteroatoms. The molecule has 0 saturated carbocycles. The lowest BCUT2D eigenvalue weighted by Gasteiger charge is -2.22. The van der Waals surface area contributed by atoms with Gasteiger partial charge in [0.2, 0.25) is 0 Å². The first-order valence-electron chi connectivity index (χ1n) is 4.97. The molecule has 0 aromatic rings. The molecule has 0 aliphatic heterocycles. The predicted molar refractivity (Wildman–Crippen MR) is 54.3 cm³/mol. The van der Waals surface area contributed by atoms with E-state index in [1.54, 1.807) is 13.2 Å². The highest BCUT2D eigenvalue weighted by Gasteiger charge is 2.19. The number of amides is 1. The van der Waals surface area contributed by atoms with E-state index in [0.29, 0.717) is 12.8 Å². The third-order valence-electron chi connectivity index (χ3n) is 2.40. The number of hydrogen-bond acceptors (Lipinski definition) is 4. The lowest BCUT2D eigenvalue weighted by Crippen LogP contribution is -2.28. The molecule has 0 aromatic carbocycles. The molecule has 0 bridgehead atoms. The Morgan fingerprint density at radius 3 is 2.67 bits per heavy atom. The van der Waals surface area contributed by atoms with Crippen LogP contribution in [0.2, 0.25) is 0 Å². The molecule has 3 N–H and O–H groups in total. The van der Waals surface area contributed by atoms with Gasteiger partial charge in [0.25, 0.3) is 0 Å². The predicted octanol–water partition coefficient (Wildman–Crippen LogP) is 0.566. The van der Waals surface area contributed by atoms with Crippen LogP contribution in [0, 0.1) is 0 Å². The van der Waals surface area contributed by atoms with Crippen LogP contribution in [0.1, 0.15) is 19.3 Å². The fourth-order valence-electron chi connectivity index (χ4n) is 1.60. The van der Waals surface area contributed by atoms with Crippen molar-refractivity contribution < 1.29 is 19.4 Å². The molecule has 0 radical (unpaired) electrons. The number of ether oxygens (including phenoxy) is 2. The van der Waals surface area contributed by atoms with Gasteiger partial charge in [-0.15, -0.1) is 0 Å². The van der Waals surface area contributed by atoms with Crippen LogP contribution in [-0.4, -0.2) is 36.6 Å². The Balaban J connectivity index is 2.60. The first kappa shape index (κ1) is 12.0. The zero-order valence-corrected chi connectivity index (χ0v) is 8.76. The summed E-state index contributed by atoms with van der Waals surface area (Å²) in [5, 5.41) is 9.59. The molecule has 1 rings (SSSR count). The quantitative estimate of drug-likeness (QED) is 0.660. The Morgan fingerprint density at radius 2 is 2.07 bits per heavy atom. The number of primary amides is 1. The summed E-state index contributed by atoms with van der Waals surface area (Å²) in [6, 6.07) is 0. The van der Waals surface area contributed by atoms with Gasteiger partial charge in [0.05, 0.1) is 12.2 Å². The molecule has 86 valence electrons. The Hall–Kier alpha value is -1.07. The van der Waals surface area contributed by atoms with Gasteiger partial charge in [-0.1, -0.05) is 6.08 Å². The van der Waals surface area contributed by atoms with Gasteiger partial charge < -0.3 is 20.3 Å². The molecule has 1 aliphatic carbocycles. The van der Waals surface area contributed by atoms with E-state index in [1.807, 2.05) is 6.08 Å². The van der Waals surface area contributed by atoms with Gasteiger partial charge >= 0.3 is 6.09 Å². The Labute approximate surface area is 88.9 Å². The summed E-state index contributed by atoms with van der Waals surface area (Å²) < 4.78 is 9.99. The van der Waals surface area contributed by atoms with E-state index in [4.69, 9.17) is 15.2 Å². The van der Waals surface area contributed by atoms with Gasteiger partial charge in [-0.3, -0.25) is 0 Å². The molecule has 0 saturated heterocycles. The van der Waals surface area contributed by atoms with Crippen LogP contribution in [0.15, 0.2) is 12.2 Å². The topological polar surface area (TPSA) is 81.8 Å². The lowest BCUT2D eigenvalue weighted by atomic mass is 10.00. The number of aliphatic hydroxyl groups excluding tert-OH is 1. The van der Waals surface area contributed by atoms with Crippen LogP contribution in [0.5, 0.6) is 0 Å². The molecular weight excluding hydrogens is 198 g/mol. The summed E-state index contributed by atoms with van der Waals surface area (Å²) >= 11 is 0. The molecule has 5 nitrogen and oxygen atoms in total. The molecule has 1 aliphatic rings. The second kappa shape index (κ2) is 5.72. The molecular formula is C10H17NO4. The van der Waals surface area contributed by atoms with Crippen LogP contribution in [-0.2, 0) is 9.47 Å². The first-order chi connectivity index (χ1) is 7.11. The summed E-state index contributed by atoms with van der Waals surface area (Å²) in [5.41, 5.74) is 4.92. The van der Waals surface area contributed by atoms with Crippen LogP contribution in [0.25, 0.3) is 0 Å². The molecule has 3 unspecified atom stereocenters. The molecule has 0 aromatic heterocycles. The van der Waals surface area contributed by atoms with E-state index >= 15 is 0 Å². The van der Waals surface area contributed by atoms with Crippen molar-refractivity contribution in [2.75, 3.05) is 7.11 Å². The summed E-state index contributed by atoms with van der Waals surface area (Å²) in [4.78, 5) is 10.6. The Morgan fingerprint density at radius 1 is 1.40 bits per heavy atom. The first-order valence-corrected chi connectivity index (χ1v) is 4.97. The molecule has 0 fully saturated rings. The number of aliphatic hydroxyl groups is 1. The monoisotopic (exact) mass is 215 g/mol. The van der Waals surface area contributed by atoms with Crippen molar-refractivity contribution in [1.82, 2.24) is 0 Å². The third-order valence-corrected chi connectivity index (χ3v) is 2.40. The largest absolute Gasteiger partial charge is 0.442 e. The number of carbonyl (C=O) groups is 1.